The number of anilines is 1. The van der Waals surface area contributed by atoms with Gasteiger partial charge in [0, 0.05) is 36.9 Å². The number of carbonyl (C=O) groups excluding carboxylic acids is 3. The molecule has 0 radical (unpaired) electrons. The third kappa shape index (κ3) is 9.24. The van der Waals surface area contributed by atoms with Crippen molar-refractivity contribution in [1.29, 1.82) is 5.26 Å². The predicted molar refractivity (Wildman–Crippen MR) is 143 cm³/mol. The number of likely N-dealkylation sites (tertiary alicyclic amines) is 1. The van der Waals surface area contributed by atoms with Crippen molar-refractivity contribution in [1.82, 2.24) is 20.9 Å². The van der Waals surface area contributed by atoms with Crippen LogP contribution >= 0.6 is 0 Å². The van der Waals surface area contributed by atoms with Crippen LogP contribution in [-0.2, 0) is 11.3 Å². The Labute approximate surface area is 218 Å². The maximum absolute atomic E-state index is 12.7. The summed E-state index contributed by atoms with van der Waals surface area (Å²) in [6.07, 6.45) is 3.92. The van der Waals surface area contributed by atoms with Gasteiger partial charge in [-0.1, -0.05) is 50.1 Å². The third-order valence-electron chi connectivity index (χ3n) is 6.39. The molecule has 9 nitrogen and oxygen atoms in total. The molecule has 1 aliphatic heterocycles. The molecule has 0 spiro atoms. The number of nitrogens with one attached hydrogen (secondary N) is 4. The van der Waals surface area contributed by atoms with Gasteiger partial charge in [0.05, 0.1) is 6.07 Å². The van der Waals surface area contributed by atoms with Crippen molar-refractivity contribution in [2.75, 3.05) is 25.0 Å². The molecule has 2 aromatic carbocycles. The van der Waals surface area contributed by atoms with Gasteiger partial charge in [-0.15, -0.1) is 0 Å². The minimum absolute atomic E-state index is 0.105. The molecule has 0 aromatic heterocycles. The van der Waals surface area contributed by atoms with Crippen LogP contribution in [0, 0.1) is 11.3 Å². The van der Waals surface area contributed by atoms with Gasteiger partial charge in [0.15, 0.2) is 0 Å². The van der Waals surface area contributed by atoms with Gasteiger partial charge in [-0.3, -0.25) is 14.5 Å². The summed E-state index contributed by atoms with van der Waals surface area (Å²) in [6, 6.07) is 17.9. The zero-order valence-electron chi connectivity index (χ0n) is 21.3. The highest BCUT2D eigenvalue weighted by atomic mass is 16.2. The first-order chi connectivity index (χ1) is 18.0. The Morgan fingerprint density at radius 1 is 1.05 bits per heavy atom. The topological polar surface area (TPSA) is 126 Å². The largest absolute Gasteiger partial charge is 0.341 e. The van der Waals surface area contributed by atoms with Crippen LogP contribution in [0.2, 0.25) is 0 Å². The van der Waals surface area contributed by atoms with Gasteiger partial charge in [0.25, 0.3) is 5.91 Å². The van der Waals surface area contributed by atoms with Gasteiger partial charge in [-0.05, 0) is 49.1 Å². The molecule has 1 fully saturated rings. The molecule has 196 valence electrons. The Morgan fingerprint density at radius 2 is 1.76 bits per heavy atom. The van der Waals surface area contributed by atoms with Crippen molar-refractivity contribution in [3.8, 4) is 6.07 Å². The standard InChI is InChI=1S/C28H36N6O3/c1-2-3-9-25(27(36)30-17-16-29)33-26(35)22-10-12-23(13-11-22)31-28(37)32-24-14-18-34(19-15-24)20-21-7-5-4-6-8-21/h4-8,10-13,24-25H,2-3,9,14-15,17-20H2,1H3,(H,30,36)(H,33,35)(H2,31,32,37)/t25-/m0/s1. The van der Waals surface area contributed by atoms with Gasteiger partial charge < -0.3 is 21.3 Å². The highest BCUT2D eigenvalue weighted by Crippen LogP contribution is 2.15. The van der Waals surface area contributed by atoms with Crippen LogP contribution in [-0.4, -0.2) is 54.5 Å². The van der Waals surface area contributed by atoms with E-state index in [9.17, 15) is 14.4 Å². The van der Waals surface area contributed by atoms with Crippen LogP contribution in [0.25, 0.3) is 0 Å². The van der Waals surface area contributed by atoms with E-state index in [0.717, 1.165) is 45.3 Å². The van der Waals surface area contributed by atoms with E-state index in [1.54, 1.807) is 24.3 Å². The van der Waals surface area contributed by atoms with Crippen LogP contribution < -0.4 is 21.3 Å². The molecule has 1 heterocycles. The van der Waals surface area contributed by atoms with Crippen LogP contribution in [0.4, 0.5) is 10.5 Å². The Hall–Kier alpha value is -3.90. The molecule has 9 heteroatoms. The summed E-state index contributed by atoms with van der Waals surface area (Å²) in [7, 11) is 0. The summed E-state index contributed by atoms with van der Waals surface area (Å²) in [4.78, 5) is 39.8. The molecule has 4 N–H and O–H groups in total. The Kier molecular flexibility index (Phi) is 10.9. The Morgan fingerprint density at radius 3 is 2.41 bits per heavy atom. The molecular formula is C28H36N6O3. The normalized spacial score (nSPS) is 14.7. The highest BCUT2D eigenvalue weighted by molar-refractivity contribution is 5.98. The van der Waals surface area contributed by atoms with E-state index in [1.165, 1.54) is 5.56 Å². The molecule has 0 bridgehead atoms. The molecular weight excluding hydrogens is 468 g/mol. The summed E-state index contributed by atoms with van der Waals surface area (Å²) in [5.41, 5.74) is 2.25. The van der Waals surface area contributed by atoms with Crippen molar-refractivity contribution in [3.05, 3.63) is 65.7 Å². The third-order valence-corrected chi connectivity index (χ3v) is 6.39. The minimum Gasteiger partial charge on any atom is -0.341 e. The van der Waals surface area contributed by atoms with Crippen LogP contribution in [0.5, 0.6) is 0 Å². The first kappa shape index (κ1) is 27.7. The zero-order valence-corrected chi connectivity index (χ0v) is 21.3. The fraction of sp³-hybridized carbons (Fsp3) is 0.429. The lowest BCUT2D eigenvalue weighted by Gasteiger charge is -2.32. The summed E-state index contributed by atoms with van der Waals surface area (Å²) in [6.45, 7) is 4.67. The van der Waals surface area contributed by atoms with E-state index in [0.29, 0.717) is 17.7 Å². The first-order valence-corrected chi connectivity index (χ1v) is 12.9. The number of hydrogen-bond acceptors (Lipinski definition) is 5. The number of unbranched alkanes of at least 4 members (excludes halogenated alkanes) is 1. The monoisotopic (exact) mass is 504 g/mol. The van der Waals surface area contributed by atoms with E-state index in [-0.39, 0.29) is 30.4 Å². The minimum atomic E-state index is -0.705. The molecule has 1 saturated heterocycles. The zero-order chi connectivity index (χ0) is 26.5. The maximum atomic E-state index is 12.7. The SMILES string of the molecule is CCCC[C@H](NC(=O)c1ccc(NC(=O)NC2CCN(Cc3ccccc3)CC2)cc1)C(=O)NCC#N. The lowest BCUT2D eigenvalue weighted by Crippen LogP contribution is -2.46. The number of piperidine rings is 1. The second kappa shape index (κ2) is 14.6. The van der Waals surface area contributed by atoms with Crippen LogP contribution in [0.15, 0.2) is 54.6 Å². The van der Waals surface area contributed by atoms with Crippen molar-refractivity contribution in [3.63, 3.8) is 0 Å². The number of urea groups is 1. The molecule has 0 unspecified atom stereocenters. The van der Waals surface area contributed by atoms with E-state index >= 15 is 0 Å². The number of nitriles is 1. The number of rotatable bonds is 11. The summed E-state index contributed by atoms with van der Waals surface area (Å²) in [5, 5.41) is 19.8. The molecule has 3 rings (SSSR count). The molecule has 1 atom stereocenters. The van der Waals surface area contributed by atoms with Crippen molar-refractivity contribution in [2.24, 2.45) is 0 Å². The fourth-order valence-corrected chi connectivity index (χ4v) is 4.30. The number of hydrogen-bond donors (Lipinski definition) is 4. The molecule has 0 aliphatic carbocycles. The van der Waals surface area contributed by atoms with Crippen LogP contribution in [0.3, 0.4) is 0 Å². The Balaban J connectivity index is 1.44. The summed E-state index contributed by atoms with van der Waals surface area (Å²) < 4.78 is 0. The van der Waals surface area contributed by atoms with Gasteiger partial charge >= 0.3 is 6.03 Å². The number of nitrogens with zero attached hydrogens (tertiary/aromatic N) is 2. The van der Waals surface area contributed by atoms with Gasteiger partial charge in [-0.25, -0.2) is 4.79 Å². The van der Waals surface area contributed by atoms with Crippen molar-refractivity contribution < 1.29 is 14.4 Å². The van der Waals surface area contributed by atoms with Crippen molar-refractivity contribution >= 4 is 23.5 Å². The fourth-order valence-electron chi connectivity index (χ4n) is 4.30. The first-order valence-electron chi connectivity index (χ1n) is 12.9. The van der Waals surface area contributed by atoms with E-state index < -0.39 is 6.04 Å². The molecule has 37 heavy (non-hydrogen) atoms. The van der Waals surface area contributed by atoms with Gasteiger partial charge in [0.1, 0.15) is 12.6 Å². The number of amides is 4. The average molecular weight is 505 g/mol. The predicted octanol–water partition coefficient (Wildman–Crippen LogP) is 3.40. The molecule has 4 amide bonds. The average Bonchev–Trinajstić information content (AvgIpc) is 2.91. The van der Waals surface area contributed by atoms with Gasteiger partial charge in [0.2, 0.25) is 5.91 Å². The Bertz CT molecular complexity index is 1060. The molecule has 1 aliphatic rings. The van der Waals surface area contributed by atoms with E-state index in [4.69, 9.17) is 5.26 Å². The highest BCUT2D eigenvalue weighted by Gasteiger charge is 2.22. The quantitative estimate of drug-likeness (QED) is 0.349. The lowest BCUT2D eigenvalue weighted by molar-refractivity contribution is -0.122. The van der Waals surface area contributed by atoms with Crippen molar-refractivity contribution in [2.45, 2.75) is 57.7 Å². The van der Waals surface area contributed by atoms with E-state index in [2.05, 4.69) is 50.4 Å². The lowest BCUT2D eigenvalue weighted by atomic mass is 10.0. The number of carbonyl (C=O) groups is 3. The van der Waals surface area contributed by atoms with Gasteiger partial charge in [-0.2, -0.15) is 5.26 Å². The van der Waals surface area contributed by atoms with E-state index in [1.807, 2.05) is 19.1 Å². The summed E-state index contributed by atoms with van der Waals surface area (Å²) >= 11 is 0. The second-order valence-corrected chi connectivity index (χ2v) is 9.26. The van der Waals surface area contributed by atoms with Crippen LogP contribution in [0.1, 0.15) is 54.9 Å². The maximum Gasteiger partial charge on any atom is 0.319 e. The second-order valence-electron chi connectivity index (χ2n) is 9.26. The molecule has 2 aromatic rings. The smallest absolute Gasteiger partial charge is 0.319 e. The number of benzene rings is 2. The summed E-state index contributed by atoms with van der Waals surface area (Å²) in [5.74, 6) is -0.754. The molecule has 0 saturated carbocycles.